The predicted molar refractivity (Wildman–Crippen MR) is 114 cm³/mol. The molecule has 164 valence electrons. The third kappa shape index (κ3) is 5.38. The van der Waals surface area contributed by atoms with Crippen LogP contribution in [0.25, 0.3) is 10.7 Å². The molecule has 12 heteroatoms. The number of nitrogens with zero attached hydrogens (tertiary/aromatic N) is 3. The van der Waals surface area contributed by atoms with Gasteiger partial charge in [-0.05, 0) is 29.6 Å². The Hall–Kier alpha value is -2.57. The first-order valence-corrected chi connectivity index (χ1v) is 11.2. The van der Waals surface area contributed by atoms with Gasteiger partial charge < -0.3 is 15.0 Å². The Morgan fingerprint density at radius 1 is 1.29 bits per heavy atom. The Kier molecular flexibility index (Phi) is 6.49. The molecule has 7 nitrogen and oxygen atoms in total. The van der Waals surface area contributed by atoms with Crippen molar-refractivity contribution in [1.82, 2.24) is 15.2 Å². The Morgan fingerprint density at radius 3 is 2.81 bits per heavy atom. The summed E-state index contributed by atoms with van der Waals surface area (Å²) in [5.41, 5.74) is -0.161. The number of thiophene rings is 1. The second-order valence-corrected chi connectivity index (χ2v) is 8.50. The number of nitrogens with one attached hydrogen (secondary N) is 2. The molecule has 4 rings (SSSR count). The Morgan fingerprint density at radius 2 is 2.10 bits per heavy atom. The monoisotopic (exact) mass is 469 g/mol. The first kappa shape index (κ1) is 21.7. The minimum atomic E-state index is -4.51. The molecule has 31 heavy (non-hydrogen) atoms. The van der Waals surface area contributed by atoms with Crippen molar-refractivity contribution in [2.24, 2.45) is 0 Å². The zero-order chi connectivity index (χ0) is 21.8. The van der Waals surface area contributed by atoms with E-state index in [1.807, 2.05) is 22.4 Å². The van der Waals surface area contributed by atoms with Crippen molar-refractivity contribution in [2.75, 3.05) is 42.3 Å². The van der Waals surface area contributed by atoms with Crippen LogP contribution in [0.3, 0.4) is 0 Å². The molecular formula is C19H18F3N5O2S2. The molecule has 3 aromatic rings. The van der Waals surface area contributed by atoms with Gasteiger partial charge in [0.25, 0.3) is 0 Å². The lowest BCUT2D eigenvalue weighted by molar-refractivity contribution is -0.137. The number of amides is 1. The molecule has 0 saturated carbocycles. The number of benzene rings is 1. The summed E-state index contributed by atoms with van der Waals surface area (Å²) in [5, 5.41) is 11.8. The van der Waals surface area contributed by atoms with Crippen molar-refractivity contribution < 1.29 is 22.7 Å². The van der Waals surface area contributed by atoms with Crippen molar-refractivity contribution in [1.29, 1.82) is 0 Å². The van der Waals surface area contributed by atoms with E-state index in [1.54, 1.807) is 0 Å². The van der Waals surface area contributed by atoms with Crippen LogP contribution in [-0.2, 0) is 15.7 Å². The maximum Gasteiger partial charge on any atom is 0.416 e. The summed E-state index contributed by atoms with van der Waals surface area (Å²) < 4.78 is 44.9. The van der Waals surface area contributed by atoms with Gasteiger partial charge in [0.15, 0.2) is 5.82 Å². The Bertz CT molecular complexity index is 1030. The number of alkyl halides is 3. The zero-order valence-electron chi connectivity index (χ0n) is 16.1. The summed E-state index contributed by atoms with van der Waals surface area (Å²) in [4.78, 5) is 19.6. The molecular weight excluding hydrogens is 451 g/mol. The molecule has 0 unspecified atom stereocenters. The number of carbonyl (C=O) groups is 1. The standard InChI is InChI=1S/C19H18F3N5O2S2/c20-19(21,22)12-3-4-14(27-5-7-29-8-6-27)13(10-12)23-16(28)11-31-18-24-17(25-26-18)15-2-1-9-30-15/h1-4,9-10H,5-8,11H2,(H,23,28)(H,24,25,26). The molecule has 0 atom stereocenters. The van der Waals surface area contributed by atoms with E-state index in [0.29, 0.717) is 43.0 Å². The maximum atomic E-state index is 13.2. The van der Waals surface area contributed by atoms with E-state index in [4.69, 9.17) is 4.74 Å². The molecule has 1 amide bonds. The molecule has 0 bridgehead atoms. The maximum absolute atomic E-state index is 13.2. The molecule has 1 saturated heterocycles. The SMILES string of the molecule is O=C(CSc1n[nH]c(-c2cccs2)n1)Nc1cc(C(F)(F)F)ccc1N1CCOCC1. The van der Waals surface area contributed by atoms with Crippen LogP contribution in [0.1, 0.15) is 5.56 Å². The van der Waals surface area contributed by atoms with Gasteiger partial charge in [-0.25, -0.2) is 4.98 Å². The number of rotatable bonds is 6. The van der Waals surface area contributed by atoms with Crippen LogP contribution in [0.15, 0.2) is 40.9 Å². The third-order valence-electron chi connectivity index (χ3n) is 4.50. The predicted octanol–water partition coefficient (Wildman–Crippen LogP) is 4.12. The van der Waals surface area contributed by atoms with Gasteiger partial charge in [0, 0.05) is 13.1 Å². The molecule has 0 radical (unpaired) electrons. The summed E-state index contributed by atoms with van der Waals surface area (Å²) in [7, 11) is 0. The second-order valence-electron chi connectivity index (χ2n) is 6.61. The molecule has 0 spiro atoms. The van der Waals surface area contributed by atoms with E-state index >= 15 is 0 Å². The topological polar surface area (TPSA) is 83.1 Å². The summed E-state index contributed by atoms with van der Waals surface area (Å²) in [6, 6.07) is 7.17. The van der Waals surface area contributed by atoms with Gasteiger partial charge in [-0.1, -0.05) is 17.8 Å². The lowest BCUT2D eigenvalue weighted by Gasteiger charge is -2.31. The van der Waals surface area contributed by atoms with Gasteiger partial charge in [0.1, 0.15) is 0 Å². The fourth-order valence-corrected chi connectivity index (χ4v) is 4.31. The number of aromatic nitrogens is 3. The number of hydrogen-bond donors (Lipinski definition) is 2. The zero-order valence-corrected chi connectivity index (χ0v) is 17.7. The number of anilines is 2. The van der Waals surface area contributed by atoms with Gasteiger partial charge in [-0.15, -0.1) is 16.4 Å². The largest absolute Gasteiger partial charge is 0.416 e. The van der Waals surface area contributed by atoms with Crippen LogP contribution >= 0.6 is 23.1 Å². The van der Waals surface area contributed by atoms with Crippen LogP contribution in [0.2, 0.25) is 0 Å². The van der Waals surface area contributed by atoms with Crippen molar-refractivity contribution in [3.05, 3.63) is 41.3 Å². The first-order valence-electron chi connectivity index (χ1n) is 9.33. The number of aromatic amines is 1. The van der Waals surface area contributed by atoms with Gasteiger partial charge >= 0.3 is 6.18 Å². The van der Waals surface area contributed by atoms with E-state index < -0.39 is 17.6 Å². The van der Waals surface area contributed by atoms with Crippen molar-refractivity contribution in [3.8, 4) is 10.7 Å². The second kappa shape index (κ2) is 9.28. The van der Waals surface area contributed by atoms with Crippen LogP contribution < -0.4 is 10.2 Å². The number of ether oxygens (including phenoxy) is 1. The third-order valence-corrected chi connectivity index (χ3v) is 6.23. The van der Waals surface area contributed by atoms with Crippen molar-refractivity contribution in [3.63, 3.8) is 0 Å². The summed E-state index contributed by atoms with van der Waals surface area (Å²) in [5.74, 6) is 0.118. The summed E-state index contributed by atoms with van der Waals surface area (Å²) >= 11 is 2.61. The average Bonchev–Trinajstić information content (AvgIpc) is 3.44. The van der Waals surface area contributed by atoms with E-state index in [2.05, 4.69) is 20.5 Å². The highest BCUT2D eigenvalue weighted by atomic mass is 32.2. The van der Waals surface area contributed by atoms with Gasteiger partial charge in [-0.2, -0.15) is 13.2 Å². The van der Waals surface area contributed by atoms with E-state index in [-0.39, 0.29) is 11.4 Å². The van der Waals surface area contributed by atoms with Crippen molar-refractivity contribution in [2.45, 2.75) is 11.3 Å². The minimum Gasteiger partial charge on any atom is -0.378 e. The molecule has 3 heterocycles. The lowest BCUT2D eigenvalue weighted by Crippen LogP contribution is -2.37. The van der Waals surface area contributed by atoms with Crippen LogP contribution in [-0.4, -0.2) is 53.1 Å². The molecule has 2 aromatic heterocycles. The van der Waals surface area contributed by atoms with Gasteiger partial charge in [-0.3, -0.25) is 9.89 Å². The van der Waals surface area contributed by atoms with Crippen LogP contribution in [0.4, 0.5) is 24.5 Å². The number of carbonyl (C=O) groups excluding carboxylic acids is 1. The summed E-state index contributed by atoms with van der Waals surface area (Å²) in [6.07, 6.45) is -4.51. The highest BCUT2D eigenvalue weighted by molar-refractivity contribution is 7.99. The quantitative estimate of drug-likeness (QED) is 0.529. The molecule has 2 N–H and O–H groups in total. The minimum absolute atomic E-state index is 0.0411. The van der Waals surface area contributed by atoms with Crippen molar-refractivity contribution >= 4 is 40.4 Å². The number of morpholine rings is 1. The average molecular weight is 470 g/mol. The molecule has 1 aromatic carbocycles. The molecule has 1 aliphatic rings. The lowest BCUT2D eigenvalue weighted by atomic mass is 10.1. The van der Waals surface area contributed by atoms with Gasteiger partial charge in [0.2, 0.25) is 11.1 Å². The number of halogens is 3. The van der Waals surface area contributed by atoms with E-state index in [0.717, 1.165) is 28.8 Å². The number of hydrogen-bond acceptors (Lipinski definition) is 7. The smallest absolute Gasteiger partial charge is 0.378 e. The Balaban J connectivity index is 1.45. The Labute approximate surface area is 184 Å². The van der Waals surface area contributed by atoms with E-state index in [1.165, 1.54) is 17.4 Å². The van der Waals surface area contributed by atoms with E-state index in [9.17, 15) is 18.0 Å². The van der Waals surface area contributed by atoms with Crippen LogP contribution in [0, 0.1) is 0 Å². The highest BCUT2D eigenvalue weighted by Gasteiger charge is 2.32. The van der Waals surface area contributed by atoms with Gasteiger partial charge in [0.05, 0.1) is 40.8 Å². The fraction of sp³-hybridized carbons (Fsp3) is 0.316. The normalized spacial score (nSPS) is 14.6. The molecule has 1 fully saturated rings. The first-order chi connectivity index (χ1) is 14.9. The highest BCUT2D eigenvalue weighted by Crippen LogP contribution is 2.36. The van der Waals surface area contributed by atoms with Crippen LogP contribution in [0.5, 0.6) is 0 Å². The molecule has 0 aliphatic carbocycles. The number of H-pyrrole nitrogens is 1. The number of thioether (sulfide) groups is 1. The summed E-state index contributed by atoms with van der Waals surface area (Å²) in [6.45, 7) is 2.01. The fourth-order valence-electron chi connectivity index (χ4n) is 3.04. The molecule has 1 aliphatic heterocycles.